The van der Waals surface area contributed by atoms with Crippen LogP contribution in [0.4, 0.5) is 8.78 Å². The SMILES string of the molecule is COc1cc(OC)c(F)c(CC2CCCNC2)c1F. The molecule has 0 aliphatic carbocycles. The number of halogens is 2. The van der Waals surface area contributed by atoms with Crippen molar-refractivity contribution >= 4 is 0 Å². The van der Waals surface area contributed by atoms with E-state index < -0.39 is 11.6 Å². The third-order valence-electron chi connectivity index (χ3n) is 3.56. The van der Waals surface area contributed by atoms with Crippen molar-refractivity contribution in [3.8, 4) is 11.5 Å². The second-order valence-electron chi connectivity index (χ2n) is 4.80. The maximum Gasteiger partial charge on any atom is 0.171 e. The molecule has 0 radical (unpaired) electrons. The van der Waals surface area contributed by atoms with Crippen molar-refractivity contribution in [3.63, 3.8) is 0 Å². The summed E-state index contributed by atoms with van der Waals surface area (Å²) in [6, 6.07) is 1.24. The fourth-order valence-corrected chi connectivity index (χ4v) is 2.50. The number of hydrogen-bond donors (Lipinski definition) is 1. The lowest BCUT2D eigenvalue weighted by atomic mass is 9.91. The van der Waals surface area contributed by atoms with Crippen LogP contribution < -0.4 is 14.8 Å². The number of hydrogen-bond acceptors (Lipinski definition) is 3. The Kier molecular flexibility index (Phi) is 4.58. The van der Waals surface area contributed by atoms with E-state index in [0.717, 1.165) is 25.9 Å². The quantitative estimate of drug-likeness (QED) is 0.912. The molecule has 1 fully saturated rings. The zero-order valence-corrected chi connectivity index (χ0v) is 11.3. The first-order chi connectivity index (χ1) is 9.17. The minimum Gasteiger partial charge on any atom is -0.494 e. The Hall–Kier alpha value is -1.36. The van der Waals surface area contributed by atoms with E-state index in [1.807, 2.05) is 0 Å². The average Bonchev–Trinajstić information content (AvgIpc) is 2.45. The fraction of sp³-hybridized carbons (Fsp3) is 0.571. The van der Waals surface area contributed by atoms with Gasteiger partial charge in [0.1, 0.15) is 0 Å². The molecule has 0 aromatic heterocycles. The normalized spacial score (nSPS) is 19.3. The summed E-state index contributed by atoms with van der Waals surface area (Å²) in [5, 5.41) is 3.24. The molecule has 0 spiro atoms. The van der Waals surface area contributed by atoms with Crippen LogP contribution in [0.3, 0.4) is 0 Å². The van der Waals surface area contributed by atoms with Gasteiger partial charge in [-0.25, -0.2) is 8.78 Å². The molecular formula is C14H19F2NO2. The van der Waals surface area contributed by atoms with E-state index in [4.69, 9.17) is 9.47 Å². The maximum atomic E-state index is 14.2. The van der Waals surface area contributed by atoms with Crippen molar-refractivity contribution in [2.45, 2.75) is 19.3 Å². The van der Waals surface area contributed by atoms with Crippen molar-refractivity contribution in [1.29, 1.82) is 0 Å². The Morgan fingerprint density at radius 2 is 1.84 bits per heavy atom. The van der Waals surface area contributed by atoms with Gasteiger partial charge in [-0.15, -0.1) is 0 Å². The Balaban J connectivity index is 2.31. The van der Waals surface area contributed by atoms with Crippen LogP contribution in [0, 0.1) is 17.6 Å². The van der Waals surface area contributed by atoms with Gasteiger partial charge in [0.15, 0.2) is 23.1 Å². The van der Waals surface area contributed by atoms with Crippen LogP contribution in [-0.4, -0.2) is 27.3 Å². The van der Waals surface area contributed by atoms with Crippen molar-refractivity contribution in [2.75, 3.05) is 27.3 Å². The maximum absolute atomic E-state index is 14.2. The van der Waals surface area contributed by atoms with E-state index >= 15 is 0 Å². The van der Waals surface area contributed by atoms with Crippen LogP contribution in [-0.2, 0) is 6.42 Å². The van der Waals surface area contributed by atoms with E-state index in [1.165, 1.54) is 20.3 Å². The monoisotopic (exact) mass is 271 g/mol. The molecule has 0 bridgehead atoms. The number of rotatable bonds is 4. The zero-order chi connectivity index (χ0) is 13.8. The summed E-state index contributed by atoms with van der Waals surface area (Å²) in [4.78, 5) is 0. The molecule has 0 amide bonds. The molecule has 1 atom stereocenters. The van der Waals surface area contributed by atoms with Crippen molar-refractivity contribution in [2.24, 2.45) is 5.92 Å². The van der Waals surface area contributed by atoms with Crippen LogP contribution in [0.5, 0.6) is 11.5 Å². The minimum absolute atomic E-state index is 0.0250. The molecule has 1 aromatic rings. The highest BCUT2D eigenvalue weighted by atomic mass is 19.1. The Morgan fingerprint density at radius 3 is 2.32 bits per heavy atom. The van der Waals surface area contributed by atoms with Crippen LogP contribution in [0.15, 0.2) is 6.07 Å². The number of nitrogens with one attached hydrogen (secondary N) is 1. The van der Waals surface area contributed by atoms with Gasteiger partial charge < -0.3 is 14.8 Å². The molecule has 1 aliphatic rings. The standard InChI is InChI=1S/C14H19F2NO2/c1-18-11-7-12(19-2)14(16)10(13(11)15)6-9-4-3-5-17-8-9/h7,9,17H,3-6,8H2,1-2H3. The van der Waals surface area contributed by atoms with Gasteiger partial charge in [-0.2, -0.15) is 0 Å². The molecule has 1 N–H and O–H groups in total. The third-order valence-corrected chi connectivity index (χ3v) is 3.56. The molecular weight excluding hydrogens is 252 g/mol. The fourth-order valence-electron chi connectivity index (χ4n) is 2.50. The van der Waals surface area contributed by atoms with Crippen LogP contribution in [0.2, 0.25) is 0 Å². The largest absolute Gasteiger partial charge is 0.494 e. The highest BCUT2D eigenvalue weighted by molar-refractivity contribution is 5.42. The van der Waals surface area contributed by atoms with E-state index in [2.05, 4.69) is 5.32 Å². The summed E-state index contributed by atoms with van der Waals surface area (Å²) in [7, 11) is 2.73. The molecule has 106 valence electrons. The first-order valence-electron chi connectivity index (χ1n) is 6.47. The Bertz CT molecular complexity index is 417. The second-order valence-corrected chi connectivity index (χ2v) is 4.80. The van der Waals surface area contributed by atoms with E-state index in [-0.39, 0.29) is 23.0 Å². The molecule has 3 nitrogen and oxygen atoms in total. The average molecular weight is 271 g/mol. The molecule has 5 heteroatoms. The number of methoxy groups -OCH3 is 2. The first kappa shape index (κ1) is 14.1. The highest BCUT2D eigenvalue weighted by Crippen LogP contribution is 2.33. The van der Waals surface area contributed by atoms with Gasteiger partial charge in [0.25, 0.3) is 0 Å². The summed E-state index contributed by atoms with van der Waals surface area (Å²) in [5.41, 5.74) is 0.0601. The van der Waals surface area contributed by atoms with E-state index in [1.54, 1.807) is 0 Å². The van der Waals surface area contributed by atoms with Gasteiger partial charge in [-0.1, -0.05) is 0 Å². The molecule has 1 heterocycles. The van der Waals surface area contributed by atoms with Crippen LogP contribution >= 0.6 is 0 Å². The molecule has 0 saturated carbocycles. The van der Waals surface area contributed by atoms with Gasteiger partial charge in [0.2, 0.25) is 0 Å². The van der Waals surface area contributed by atoms with Gasteiger partial charge in [0, 0.05) is 11.6 Å². The number of piperidine rings is 1. The Morgan fingerprint density at radius 1 is 1.21 bits per heavy atom. The van der Waals surface area contributed by atoms with Crippen molar-refractivity contribution < 1.29 is 18.3 Å². The lowest BCUT2D eigenvalue weighted by Gasteiger charge is -2.23. The lowest BCUT2D eigenvalue weighted by Crippen LogP contribution is -2.31. The van der Waals surface area contributed by atoms with Gasteiger partial charge in [0.05, 0.1) is 14.2 Å². The summed E-state index contributed by atoms with van der Waals surface area (Å²) in [6.07, 6.45) is 2.37. The Labute approximate surface area is 111 Å². The number of ether oxygens (including phenoxy) is 2. The summed E-state index contributed by atoms with van der Waals surface area (Å²) in [6.45, 7) is 1.77. The summed E-state index contributed by atoms with van der Waals surface area (Å²) in [5.74, 6) is -0.943. The molecule has 19 heavy (non-hydrogen) atoms. The number of benzene rings is 1. The van der Waals surface area contributed by atoms with Crippen LogP contribution in [0.1, 0.15) is 18.4 Å². The zero-order valence-electron chi connectivity index (χ0n) is 11.3. The third kappa shape index (κ3) is 2.97. The minimum atomic E-state index is -0.619. The van der Waals surface area contributed by atoms with Gasteiger partial charge in [-0.3, -0.25) is 0 Å². The summed E-state index contributed by atoms with van der Waals surface area (Å²) >= 11 is 0. The van der Waals surface area contributed by atoms with Crippen molar-refractivity contribution in [1.82, 2.24) is 5.32 Å². The predicted octanol–water partition coefficient (Wildman–Crippen LogP) is 2.52. The molecule has 1 saturated heterocycles. The molecule has 2 rings (SSSR count). The molecule has 1 aromatic carbocycles. The first-order valence-corrected chi connectivity index (χ1v) is 6.47. The van der Waals surface area contributed by atoms with Gasteiger partial charge in [-0.05, 0) is 38.3 Å². The molecule has 1 unspecified atom stereocenters. The predicted molar refractivity (Wildman–Crippen MR) is 68.8 cm³/mol. The lowest BCUT2D eigenvalue weighted by molar-refractivity contribution is 0.337. The van der Waals surface area contributed by atoms with Crippen LogP contribution in [0.25, 0.3) is 0 Å². The highest BCUT2D eigenvalue weighted by Gasteiger charge is 2.23. The second kappa shape index (κ2) is 6.19. The topological polar surface area (TPSA) is 30.5 Å². The van der Waals surface area contributed by atoms with Crippen molar-refractivity contribution in [3.05, 3.63) is 23.3 Å². The van der Waals surface area contributed by atoms with Gasteiger partial charge >= 0.3 is 0 Å². The van der Waals surface area contributed by atoms with E-state index in [0.29, 0.717) is 6.42 Å². The summed E-state index contributed by atoms with van der Waals surface area (Å²) < 4.78 is 38.2. The van der Waals surface area contributed by atoms with E-state index in [9.17, 15) is 8.78 Å². The smallest absolute Gasteiger partial charge is 0.171 e. The molecule has 1 aliphatic heterocycles.